The molecule has 1 unspecified atom stereocenters. The molecule has 0 aliphatic carbocycles. The number of hydrogen-bond acceptors (Lipinski definition) is 2. The molecule has 1 aromatic rings. The minimum Gasteiger partial charge on any atom is -0.368 e. The highest BCUT2D eigenvalue weighted by Crippen LogP contribution is 2.21. The van der Waals surface area contributed by atoms with Gasteiger partial charge in [-0.25, -0.2) is 4.39 Å². The van der Waals surface area contributed by atoms with Crippen LogP contribution in [0.3, 0.4) is 0 Å². The monoisotopic (exact) mass is 250 g/mol. The lowest BCUT2D eigenvalue weighted by molar-refractivity contribution is -0.120. The summed E-state index contributed by atoms with van der Waals surface area (Å²) >= 11 is 0. The number of rotatable bonds is 3. The van der Waals surface area contributed by atoms with Gasteiger partial charge in [0, 0.05) is 31.4 Å². The lowest BCUT2D eigenvalue weighted by Gasteiger charge is -2.39. The first-order chi connectivity index (χ1) is 8.65. The molecule has 4 heteroatoms. The highest BCUT2D eigenvalue weighted by atomic mass is 19.1. The Bertz CT molecular complexity index is 436. The van der Waals surface area contributed by atoms with Crippen LogP contribution in [0.5, 0.6) is 0 Å². The van der Waals surface area contributed by atoms with Gasteiger partial charge in [0.05, 0.1) is 0 Å². The van der Waals surface area contributed by atoms with E-state index in [0.29, 0.717) is 13.0 Å². The van der Waals surface area contributed by atoms with Crippen molar-refractivity contribution in [2.75, 3.05) is 24.5 Å². The van der Waals surface area contributed by atoms with Gasteiger partial charge in [0.15, 0.2) is 0 Å². The third-order valence-electron chi connectivity index (χ3n) is 3.60. The number of hydrogen-bond donors (Lipinski definition) is 0. The molecular formula is C14H19FN2O. The summed E-state index contributed by atoms with van der Waals surface area (Å²) in [5.74, 6) is -0.138. The molecule has 1 aromatic carbocycles. The average Bonchev–Trinajstić information content (AvgIpc) is 2.38. The topological polar surface area (TPSA) is 23.6 Å². The van der Waals surface area contributed by atoms with Gasteiger partial charge in [0.2, 0.25) is 6.41 Å². The van der Waals surface area contributed by atoms with Crippen LogP contribution in [0, 0.1) is 5.82 Å². The molecule has 1 aliphatic heterocycles. The number of amides is 1. The van der Waals surface area contributed by atoms with E-state index in [9.17, 15) is 9.18 Å². The third-order valence-corrected chi connectivity index (χ3v) is 3.60. The molecule has 1 amide bonds. The Balaban J connectivity index is 2.13. The number of piperazine rings is 1. The van der Waals surface area contributed by atoms with Crippen LogP contribution in [0.2, 0.25) is 0 Å². The Morgan fingerprint density at radius 2 is 2.22 bits per heavy atom. The predicted octanol–water partition coefficient (Wildman–Crippen LogP) is 2.05. The molecule has 1 saturated heterocycles. The summed E-state index contributed by atoms with van der Waals surface area (Å²) in [5, 5.41) is 0. The van der Waals surface area contributed by atoms with Gasteiger partial charge in [-0.2, -0.15) is 0 Å². The number of halogens is 1. The smallest absolute Gasteiger partial charge is 0.210 e. The van der Waals surface area contributed by atoms with Gasteiger partial charge >= 0.3 is 0 Å². The van der Waals surface area contributed by atoms with E-state index in [0.717, 1.165) is 30.8 Å². The number of carbonyl (C=O) groups excluding carboxylic acids is 1. The van der Waals surface area contributed by atoms with Crippen molar-refractivity contribution in [2.24, 2.45) is 0 Å². The highest BCUT2D eigenvalue weighted by molar-refractivity contribution is 5.52. The molecule has 0 bridgehead atoms. The standard InChI is InChI=1S/C14H19FN2O/c1-3-12-4-5-13(8-14(12)15)16-6-7-17(10-18)11(2)9-16/h4-5,8,10-11H,3,6-7,9H2,1-2H3. The lowest BCUT2D eigenvalue weighted by atomic mass is 10.1. The number of aryl methyl sites for hydroxylation is 1. The van der Waals surface area contributed by atoms with E-state index in [-0.39, 0.29) is 11.9 Å². The van der Waals surface area contributed by atoms with E-state index >= 15 is 0 Å². The summed E-state index contributed by atoms with van der Waals surface area (Å²) in [4.78, 5) is 14.7. The van der Waals surface area contributed by atoms with Crippen LogP contribution in [-0.4, -0.2) is 37.0 Å². The van der Waals surface area contributed by atoms with Gasteiger partial charge in [-0.1, -0.05) is 13.0 Å². The fourth-order valence-corrected chi connectivity index (χ4v) is 2.38. The Kier molecular flexibility index (Phi) is 3.84. The molecule has 2 rings (SSSR count). The molecule has 0 saturated carbocycles. The minimum atomic E-state index is -0.138. The van der Waals surface area contributed by atoms with Crippen molar-refractivity contribution in [3.05, 3.63) is 29.6 Å². The Morgan fingerprint density at radius 3 is 2.78 bits per heavy atom. The van der Waals surface area contributed by atoms with Gasteiger partial charge in [-0.3, -0.25) is 4.79 Å². The van der Waals surface area contributed by atoms with Gasteiger partial charge in [0.25, 0.3) is 0 Å². The molecule has 98 valence electrons. The van der Waals surface area contributed by atoms with Crippen LogP contribution < -0.4 is 4.90 Å². The van der Waals surface area contributed by atoms with E-state index in [1.54, 1.807) is 11.0 Å². The van der Waals surface area contributed by atoms with Gasteiger partial charge < -0.3 is 9.80 Å². The second-order valence-corrected chi connectivity index (χ2v) is 4.77. The van der Waals surface area contributed by atoms with Crippen molar-refractivity contribution >= 4 is 12.1 Å². The van der Waals surface area contributed by atoms with Crippen LogP contribution in [0.15, 0.2) is 18.2 Å². The number of benzene rings is 1. The Morgan fingerprint density at radius 1 is 1.44 bits per heavy atom. The fraction of sp³-hybridized carbons (Fsp3) is 0.500. The second kappa shape index (κ2) is 5.38. The number of nitrogens with zero attached hydrogens (tertiary/aromatic N) is 2. The third kappa shape index (κ3) is 2.47. The fourth-order valence-electron chi connectivity index (χ4n) is 2.38. The molecule has 1 fully saturated rings. The molecule has 1 aliphatic rings. The first-order valence-electron chi connectivity index (χ1n) is 6.40. The molecule has 0 spiro atoms. The van der Waals surface area contributed by atoms with Crippen molar-refractivity contribution in [3.8, 4) is 0 Å². The zero-order chi connectivity index (χ0) is 13.1. The molecule has 1 heterocycles. The van der Waals surface area contributed by atoms with Crippen LogP contribution in [0.4, 0.5) is 10.1 Å². The quantitative estimate of drug-likeness (QED) is 0.767. The second-order valence-electron chi connectivity index (χ2n) is 4.77. The summed E-state index contributed by atoms with van der Waals surface area (Å²) in [6.07, 6.45) is 1.60. The molecular weight excluding hydrogens is 231 g/mol. The van der Waals surface area contributed by atoms with Crippen molar-refractivity contribution in [1.29, 1.82) is 0 Å². The largest absolute Gasteiger partial charge is 0.368 e. The predicted molar refractivity (Wildman–Crippen MR) is 70.2 cm³/mol. The molecule has 1 atom stereocenters. The number of anilines is 1. The average molecular weight is 250 g/mol. The van der Waals surface area contributed by atoms with Crippen molar-refractivity contribution in [3.63, 3.8) is 0 Å². The van der Waals surface area contributed by atoms with Crippen molar-refractivity contribution in [2.45, 2.75) is 26.3 Å². The summed E-state index contributed by atoms with van der Waals surface area (Å²) in [7, 11) is 0. The lowest BCUT2D eigenvalue weighted by Crippen LogP contribution is -2.51. The van der Waals surface area contributed by atoms with Gasteiger partial charge in [0.1, 0.15) is 5.82 Å². The van der Waals surface area contributed by atoms with Crippen LogP contribution in [0.25, 0.3) is 0 Å². The number of carbonyl (C=O) groups is 1. The van der Waals surface area contributed by atoms with Crippen LogP contribution in [0.1, 0.15) is 19.4 Å². The SMILES string of the molecule is CCc1ccc(N2CCN(C=O)C(C)C2)cc1F. The van der Waals surface area contributed by atoms with E-state index in [4.69, 9.17) is 0 Å². The minimum absolute atomic E-state index is 0.138. The van der Waals surface area contributed by atoms with Crippen LogP contribution in [-0.2, 0) is 11.2 Å². The summed E-state index contributed by atoms with van der Waals surface area (Å²) in [6.45, 7) is 6.17. The van der Waals surface area contributed by atoms with Gasteiger partial charge in [-0.05, 0) is 31.0 Å². The Hall–Kier alpha value is -1.58. The van der Waals surface area contributed by atoms with E-state index in [1.807, 2.05) is 26.0 Å². The van der Waals surface area contributed by atoms with E-state index < -0.39 is 0 Å². The molecule has 18 heavy (non-hydrogen) atoms. The van der Waals surface area contributed by atoms with Crippen molar-refractivity contribution < 1.29 is 9.18 Å². The zero-order valence-corrected chi connectivity index (χ0v) is 10.9. The molecule has 0 radical (unpaired) electrons. The normalized spacial score (nSPS) is 20.1. The maximum Gasteiger partial charge on any atom is 0.210 e. The van der Waals surface area contributed by atoms with Gasteiger partial charge in [-0.15, -0.1) is 0 Å². The maximum absolute atomic E-state index is 13.8. The Labute approximate surface area is 107 Å². The van der Waals surface area contributed by atoms with E-state index in [1.165, 1.54) is 0 Å². The molecule has 3 nitrogen and oxygen atoms in total. The summed E-state index contributed by atoms with van der Waals surface area (Å²) in [5.41, 5.74) is 1.65. The first kappa shape index (κ1) is 12.9. The summed E-state index contributed by atoms with van der Waals surface area (Å²) in [6, 6.07) is 5.58. The van der Waals surface area contributed by atoms with Crippen LogP contribution >= 0.6 is 0 Å². The maximum atomic E-state index is 13.8. The summed E-state index contributed by atoms with van der Waals surface area (Å²) < 4.78 is 13.8. The first-order valence-corrected chi connectivity index (χ1v) is 6.40. The molecule has 0 N–H and O–H groups in total. The molecule has 0 aromatic heterocycles. The van der Waals surface area contributed by atoms with Crippen molar-refractivity contribution in [1.82, 2.24) is 4.90 Å². The zero-order valence-electron chi connectivity index (χ0n) is 10.9. The highest BCUT2D eigenvalue weighted by Gasteiger charge is 2.22. The van der Waals surface area contributed by atoms with E-state index in [2.05, 4.69) is 4.90 Å².